The molecule has 28 heavy (non-hydrogen) atoms. The number of para-hydroxylation sites is 1. The predicted molar refractivity (Wildman–Crippen MR) is 103 cm³/mol. The zero-order valence-electron chi connectivity index (χ0n) is 16.1. The molecule has 0 unspecified atom stereocenters. The number of benzene rings is 1. The molecule has 8 nitrogen and oxygen atoms in total. The van der Waals surface area contributed by atoms with E-state index in [1.807, 2.05) is 19.9 Å². The van der Waals surface area contributed by atoms with Gasteiger partial charge in [0.1, 0.15) is 6.10 Å². The van der Waals surface area contributed by atoms with Gasteiger partial charge in [-0.1, -0.05) is 18.2 Å². The first-order valence-electron chi connectivity index (χ1n) is 9.41. The van der Waals surface area contributed by atoms with Crippen molar-refractivity contribution < 1.29 is 14.5 Å². The van der Waals surface area contributed by atoms with Gasteiger partial charge in [-0.05, 0) is 45.6 Å². The molecular formula is C20H24N4O4. The maximum atomic E-state index is 12.3. The number of nitro benzene ring substituents is 1. The van der Waals surface area contributed by atoms with Crippen molar-refractivity contribution in [1.82, 2.24) is 15.3 Å². The Labute approximate surface area is 163 Å². The Morgan fingerprint density at radius 1 is 1.18 bits per heavy atom. The smallest absolute Gasteiger partial charge is 0.317 e. The van der Waals surface area contributed by atoms with E-state index in [1.165, 1.54) is 6.07 Å². The van der Waals surface area contributed by atoms with Gasteiger partial charge in [0.25, 0.3) is 5.69 Å². The lowest BCUT2D eigenvalue weighted by Crippen LogP contribution is -2.40. The van der Waals surface area contributed by atoms with E-state index >= 15 is 0 Å². The number of carbonyl (C=O) groups is 1. The third-order valence-corrected chi connectivity index (χ3v) is 4.81. The summed E-state index contributed by atoms with van der Waals surface area (Å²) in [7, 11) is 0. The molecule has 3 rings (SSSR count). The second-order valence-electron chi connectivity index (χ2n) is 7.15. The minimum absolute atomic E-state index is 0.00396. The van der Waals surface area contributed by atoms with Crippen LogP contribution in [0.15, 0.2) is 30.3 Å². The zero-order valence-corrected chi connectivity index (χ0v) is 16.1. The highest BCUT2D eigenvalue weighted by Crippen LogP contribution is 2.23. The number of nitro groups is 1. The summed E-state index contributed by atoms with van der Waals surface area (Å²) < 4.78 is 5.90. The molecule has 0 radical (unpaired) electrons. The minimum Gasteiger partial charge on any atom is -0.460 e. The average molecular weight is 384 g/mol. The van der Waals surface area contributed by atoms with Crippen LogP contribution in [0.25, 0.3) is 0 Å². The summed E-state index contributed by atoms with van der Waals surface area (Å²) in [6.07, 6.45) is 3.21. The summed E-state index contributed by atoms with van der Waals surface area (Å²) in [4.78, 5) is 31.5. The molecule has 148 valence electrons. The molecule has 1 aromatic carbocycles. The Balaban J connectivity index is 1.49. The molecule has 2 aromatic rings. The molecule has 1 fully saturated rings. The number of carbonyl (C=O) groups excluding carboxylic acids is 1. The Hall–Kier alpha value is -3.03. The SMILES string of the molecule is Cc1cc(C)nc(OC2CCC(NC(=O)Cc3ccccc3[N+](=O)[O-])CC2)n1. The van der Waals surface area contributed by atoms with Crippen molar-refractivity contribution >= 4 is 11.6 Å². The van der Waals surface area contributed by atoms with E-state index in [4.69, 9.17) is 4.74 Å². The van der Waals surface area contributed by atoms with Crippen LogP contribution in [0.5, 0.6) is 6.01 Å². The maximum absolute atomic E-state index is 12.3. The summed E-state index contributed by atoms with van der Waals surface area (Å²) >= 11 is 0. The molecular weight excluding hydrogens is 360 g/mol. The summed E-state index contributed by atoms with van der Waals surface area (Å²) in [5.74, 6) is -0.198. The van der Waals surface area contributed by atoms with Crippen molar-refractivity contribution in [3.63, 3.8) is 0 Å². The Morgan fingerprint density at radius 3 is 2.46 bits per heavy atom. The zero-order chi connectivity index (χ0) is 20.1. The van der Waals surface area contributed by atoms with Crippen molar-refractivity contribution in [3.05, 3.63) is 57.4 Å². The van der Waals surface area contributed by atoms with E-state index in [9.17, 15) is 14.9 Å². The predicted octanol–water partition coefficient (Wildman–Crippen LogP) is 3.05. The van der Waals surface area contributed by atoms with Crippen LogP contribution in [0.4, 0.5) is 5.69 Å². The molecule has 0 saturated heterocycles. The molecule has 0 aliphatic heterocycles. The van der Waals surface area contributed by atoms with Crippen LogP contribution in [0.2, 0.25) is 0 Å². The van der Waals surface area contributed by atoms with E-state index in [0.29, 0.717) is 11.6 Å². The Bertz CT molecular complexity index is 843. The van der Waals surface area contributed by atoms with Gasteiger partial charge < -0.3 is 10.1 Å². The van der Waals surface area contributed by atoms with Gasteiger partial charge in [0.15, 0.2) is 0 Å². The summed E-state index contributed by atoms with van der Waals surface area (Å²) in [6.45, 7) is 3.82. The van der Waals surface area contributed by atoms with E-state index < -0.39 is 4.92 Å². The number of rotatable bonds is 6. The van der Waals surface area contributed by atoms with E-state index in [-0.39, 0.29) is 30.2 Å². The first-order valence-corrected chi connectivity index (χ1v) is 9.41. The van der Waals surface area contributed by atoms with Gasteiger partial charge in [0.2, 0.25) is 5.91 Å². The van der Waals surface area contributed by atoms with Crippen molar-refractivity contribution in [2.45, 2.75) is 58.1 Å². The number of hydrogen-bond acceptors (Lipinski definition) is 6. The summed E-state index contributed by atoms with van der Waals surface area (Å²) in [5, 5.41) is 14.1. The molecule has 1 heterocycles. The van der Waals surface area contributed by atoms with Crippen LogP contribution in [-0.4, -0.2) is 32.9 Å². The number of nitrogens with one attached hydrogen (secondary N) is 1. The fourth-order valence-electron chi connectivity index (χ4n) is 3.51. The van der Waals surface area contributed by atoms with E-state index in [2.05, 4.69) is 15.3 Å². The van der Waals surface area contributed by atoms with Crippen molar-refractivity contribution in [1.29, 1.82) is 0 Å². The maximum Gasteiger partial charge on any atom is 0.317 e. The van der Waals surface area contributed by atoms with E-state index in [1.54, 1.807) is 18.2 Å². The largest absolute Gasteiger partial charge is 0.460 e. The molecule has 0 bridgehead atoms. The van der Waals surface area contributed by atoms with Gasteiger partial charge in [-0.2, -0.15) is 0 Å². The highest BCUT2D eigenvalue weighted by molar-refractivity contribution is 5.80. The number of hydrogen-bond donors (Lipinski definition) is 1. The molecule has 0 spiro atoms. The Morgan fingerprint density at radius 2 is 1.82 bits per heavy atom. The number of amides is 1. The molecule has 1 aliphatic rings. The number of ether oxygens (including phenoxy) is 1. The normalized spacial score (nSPS) is 19.1. The van der Waals surface area contributed by atoms with Gasteiger partial charge in [-0.25, -0.2) is 9.97 Å². The van der Waals surface area contributed by atoms with Crippen LogP contribution < -0.4 is 10.1 Å². The van der Waals surface area contributed by atoms with Crippen LogP contribution in [0, 0.1) is 24.0 Å². The van der Waals surface area contributed by atoms with Crippen LogP contribution in [0.1, 0.15) is 42.6 Å². The second kappa shape index (κ2) is 8.77. The second-order valence-corrected chi connectivity index (χ2v) is 7.15. The van der Waals surface area contributed by atoms with Gasteiger partial charge >= 0.3 is 6.01 Å². The van der Waals surface area contributed by atoms with Gasteiger partial charge in [-0.15, -0.1) is 0 Å². The number of nitrogens with zero attached hydrogens (tertiary/aromatic N) is 3. The van der Waals surface area contributed by atoms with Gasteiger partial charge in [-0.3, -0.25) is 14.9 Å². The van der Waals surface area contributed by atoms with Gasteiger partial charge in [0.05, 0.1) is 11.3 Å². The third-order valence-electron chi connectivity index (χ3n) is 4.81. The first kappa shape index (κ1) is 19.7. The van der Waals surface area contributed by atoms with Gasteiger partial charge in [0, 0.05) is 29.1 Å². The highest BCUT2D eigenvalue weighted by atomic mass is 16.6. The van der Waals surface area contributed by atoms with Crippen LogP contribution in [0.3, 0.4) is 0 Å². The molecule has 1 N–H and O–H groups in total. The molecule has 8 heteroatoms. The summed E-state index contributed by atoms with van der Waals surface area (Å²) in [6, 6.07) is 8.69. The topological polar surface area (TPSA) is 107 Å². The standard InChI is InChI=1S/C20H24N4O4/c1-13-11-14(2)22-20(21-13)28-17-9-7-16(8-10-17)23-19(25)12-15-5-3-4-6-18(15)24(26)27/h3-6,11,16-17H,7-10,12H2,1-2H3,(H,23,25). The van der Waals surface area contributed by atoms with E-state index in [0.717, 1.165) is 37.1 Å². The highest BCUT2D eigenvalue weighted by Gasteiger charge is 2.25. The Kier molecular flexibility index (Phi) is 6.18. The first-order chi connectivity index (χ1) is 13.4. The monoisotopic (exact) mass is 384 g/mol. The minimum atomic E-state index is -0.458. The summed E-state index contributed by atoms with van der Waals surface area (Å²) in [5.41, 5.74) is 2.15. The average Bonchev–Trinajstić information content (AvgIpc) is 2.63. The third kappa shape index (κ3) is 5.25. The molecule has 1 aromatic heterocycles. The van der Waals surface area contributed by atoms with Crippen molar-refractivity contribution in [2.24, 2.45) is 0 Å². The van der Waals surface area contributed by atoms with Crippen LogP contribution >= 0.6 is 0 Å². The molecule has 0 atom stereocenters. The fraction of sp³-hybridized carbons (Fsp3) is 0.450. The molecule has 1 amide bonds. The quantitative estimate of drug-likeness (QED) is 0.606. The number of aromatic nitrogens is 2. The lowest BCUT2D eigenvalue weighted by molar-refractivity contribution is -0.385. The lowest BCUT2D eigenvalue weighted by atomic mass is 9.92. The lowest BCUT2D eigenvalue weighted by Gasteiger charge is -2.29. The molecule has 1 saturated carbocycles. The van der Waals surface area contributed by atoms with Crippen LogP contribution in [-0.2, 0) is 11.2 Å². The van der Waals surface area contributed by atoms with Crippen molar-refractivity contribution in [2.75, 3.05) is 0 Å². The fourth-order valence-corrected chi connectivity index (χ4v) is 3.51. The number of aryl methyl sites for hydroxylation is 2. The molecule has 1 aliphatic carbocycles. The van der Waals surface area contributed by atoms with Crippen molar-refractivity contribution in [3.8, 4) is 6.01 Å².